The zero-order valence-corrected chi connectivity index (χ0v) is 29.9. The van der Waals surface area contributed by atoms with Gasteiger partial charge in [0.25, 0.3) is 0 Å². The van der Waals surface area contributed by atoms with Gasteiger partial charge in [0.05, 0.1) is 10.9 Å². The van der Waals surface area contributed by atoms with Crippen LogP contribution in [0.5, 0.6) is 5.75 Å². The molecular formula is C37H48BN4O6S. The van der Waals surface area contributed by atoms with Crippen molar-refractivity contribution in [3.63, 3.8) is 0 Å². The van der Waals surface area contributed by atoms with Crippen LogP contribution >= 0.6 is 0 Å². The second kappa shape index (κ2) is 17.5. The van der Waals surface area contributed by atoms with Gasteiger partial charge in [-0.2, -0.15) is 0 Å². The Morgan fingerprint density at radius 1 is 0.918 bits per heavy atom. The number of carbonyl (C=O) groups excluding carboxylic acids is 3. The zero-order valence-electron chi connectivity index (χ0n) is 29.1. The number of fused-ring (bicyclic) bond motifs is 1. The quantitative estimate of drug-likeness (QED) is 0.362. The molecule has 0 bridgehead atoms. The summed E-state index contributed by atoms with van der Waals surface area (Å²) in [4.78, 5) is 44.4. The monoisotopic (exact) mass is 687 g/mol. The van der Waals surface area contributed by atoms with Gasteiger partial charge in [-0.05, 0) is 69.4 Å². The molecule has 2 N–H and O–H groups in total. The minimum Gasteiger partial charge on any atom is -0.489 e. The maximum Gasteiger partial charge on any atom is 0.383 e. The Morgan fingerprint density at radius 2 is 1.59 bits per heavy atom. The van der Waals surface area contributed by atoms with Gasteiger partial charge in [0, 0.05) is 26.6 Å². The molecule has 1 radical (unpaired) electrons. The van der Waals surface area contributed by atoms with E-state index < -0.39 is 45.7 Å². The third kappa shape index (κ3) is 10.4. The first-order valence-electron chi connectivity index (χ1n) is 16.9. The highest BCUT2D eigenvalue weighted by Gasteiger charge is 2.37. The molecule has 3 aromatic rings. The summed E-state index contributed by atoms with van der Waals surface area (Å²) >= 11 is 0. The van der Waals surface area contributed by atoms with Gasteiger partial charge in [0.1, 0.15) is 33.6 Å². The first-order chi connectivity index (χ1) is 23.4. The van der Waals surface area contributed by atoms with Gasteiger partial charge in [0.15, 0.2) is 0 Å². The predicted molar refractivity (Wildman–Crippen MR) is 192 cm³/mol. The molecule has 4 atom stereocenters. The Morgan fingerprint density at radius 3 is 2.29 bits per heavy atom. The van der Waals surface area contributed by atoms with Crippen LogP contribution < -0.4 is 15.4 Å². The summed E-state index contributed by atoms with van der Waals surface area (Å²) in [5.74, 6) is -0.569. The van der Waals surface area contributed by atoms with E-state index in [2.05, 4.69) is 10.6 Å². The summed E-state index contributed by atoms with van der Waals surface area (Å²) in [6, 6.07) is 20.9. The van der Waals surface area contributed by atoms with Crippen molar-refractivity contribution >= 4 is 34.1 Å². The highest BCUT2D eigenvalue weighted by Crippen LogP contribution is 2.23. The lowest BCUT2D eigenvalue weighted by molar-refractivity contribution is -0.142. The fraction of sp³-hybridized carbons (Fsp3) is 0.432. The molecule has 12 heteroatoms. The molecule has 0 aliphatic carbocycles. The van der Waals surface area contributed by atoms with Crippen LogP contribution in [-0.4, -0.2) is 86.9 Å². The van der Waals surface area contributed by atoms with Crippen LogP contribution in [0.15, 0.2) is 83.8 Å². The van der Waals surface area contributed by atoms with Crippen molar-refractivity contribution in [2.45, 2.75) is 88.9 Å². The van der Waals surface area contributed by atoms with Gasteiger partial charge in [-0.25, -0.2) is 8.42 Å². The lowest BCUT2D eigenvalue weighted by Gasteiger charge is -2.36. The van der Waals surface area contributed by atoms with E-state index >= 15 is 0 Å². The fourth-order valence-electron chi connectivity index (χ4n) is 5.86. The molecule has 0 saturated heterocycles. The van der Waals surface area contributed by atoms with Crippen LogP contribution in [-0.2, 0) is 36.9 Å². The number of hydrogen-bond donors (Lipinski definition) is 2. The van der Waals surface area contributed by atoms with E-state index in [9.17, 15) is 22.8 Å². The third-order valence-corrected chi connectivity index (χ3v) is 10.3. The molecular weight excluding hydrogens is 639 g/mol. The van der Waals surface area contributed by atoms with Crippen molar-refractivity contribution in [2.24, 2.45) is 0 Å². The van der Waals surface area contributed by atoms with E-state index in [1.54, 1.807) is 36.0 Å². The Hall–Kier alpha value is -4.16. The average Bonchev–Trinajstić information content (AvgIpc) is 3.08. The highest BCUT2D eigenvalue weighted by molar-refractivity contribution is 8.14. The van der Waals surface area contributed by atoms with Crippen LogP contribution in [0.4, 0.5) is 0 Å². The second-order valence-corrected chi connectivity index (χ2v) is 14.5. The molecule has 0 aromatic heterocycles. The van der Waals surface area contributed by atoms with Crippen LogP contribution in [0.3, 0.4) is 0 Å². The van der Waals surface area contributed by atoms with E-state index in [4.69, 9.17) is 4.74 Å². The smallest absolute Gasteiger partial charge is 0.383 e. The Balaban J connectivity index is 1.71. The van der Waals surface area contributed by atoms with Crippen molar-refractivity contribution in [2.75, 3.05) is 20.1 Å². The number of ether oxygens (including phenoxy) is 1. The van der Waals surface area contributed by atoms with Crippen molar-refractivity contribution in [3.05, 3.63) is 95.6 Å². The molecule has 0 fully saturated rings. The summed E-state index contributed by atoms with van der Waals surface area (Å²) in [6.45, 7) is 8.87. The molecule has 49 heavy (non-hydrogen) atoms. The molecule has 3 amide bonds. The maximum absolute atomic E-state index is 14.3. The number of amides is 3. The summed E-state index contributed by atoms with van der Waals surface area (Å²) in [5.41, 5.74) is 2.75. The van der Waals surface area contributed by atoms with E-state index in [1.165, 1.54) is 11.9 Å². The molecule has 3 aromatic carbocycles. The Bertz CT molecular complexity index is 1670. The molecule has 261 valence electrons. The summed E-state index contributed by atoms with van der Waals surface area (Å²) in [5, 5.41) is 5.86. The first-order valence-corrected chi connectivity index (χ1v) is 18.5. The molecule has 1 aliphatic heterocycles. The summed E-state index contributed by atoms with van der Waals surface area (Å²) < 4.78 is 33.9. The minimum absolute atomic E-state index is 0.0967. The van der Waals surface area contributed by atoms with E-state index in [0.29, 0.717) is 38.0 Å². The molecule has 1 heterocycles. The second-order valence-electron chi connectivity index (χ2n) is 12.8. The van der Waals surface area contributed by atoms with Gasteiger partial charge in [-0.1, -0.05) is 79.6 Å². The molecule has 4 rings (SSSR count). The number of rotatable bonds is 7. The lowest BCUT2D eigenvalue weighted by Crippen LogP contribution is -2.58. The lowest BCUT2D eigenvalue weighted by atomic mass is 10.0. The third-order valence-electron chi connectivity index (χ3n) is 8.79. The summed E-state index contributed by atoms with van der Waals surface area (Å²) in [6.07, 6.45) is 1.93. The summed E-state index contributed by atoms with van der Waals surface area (Å²) in [7, 11) is -2.44. The number of para-hydroxylation sites is 1. The van der Waals surface area contributed by atoms with Crippen molar-refractivity contribution in [1.29, 1.82) is 0 Å². The molecule has 0 spiro atoms. The van der Waals surface area contributed by atoms with Crippen LogP contribution in [0, 0.1) is 6.92 Å². The topological polar surface area (TPSA) is 125 Å². The van der Waals surface area contributed by atoms with Crippen LogP contribution in [0.2, 0.25) is 0 Å². The number of nitrogens with one attached hydrogen (secondary N) is 2. The molecule has 1 aliphatic rings. The first kappa shape index (κ1) is 37.7. The average molecular weight is 688 g/mol. The number of aryl methyl sites for hydroxylation is 2. The van der Waals surface area contributed by atoms with Crippen LogP contribution in [0.1, 0.15) is 56.7 Å². The minimum atomic E-state index is -3.97. The van der Waals surface area contributed by atoms with Crippen LogP contribution in [0.25, 0.3) is 0 Å². The van der Waals surface area contributed by atoms with E-state index in [1.807, 2.05) is 75.4 Å². The maximum atomic E-state index is 14.3. The molecule has 10 nitrogen and oxygen atoms in total. The normalized spacial score (nSPS) is 22.1. The number of hydrogen-bond acceptors (Lipinski definition) is 7. The molecule has 0 saturated carbocycles. The Labute approximate surface area is 291 Å². The van der Waals surface area contributed by atoms with Gasteiger partial charge in [-0.3, -0.25) is 14.4 Å². The van der Waals surface area contributed by atoms with Crippen molar-refractivity contribution < 1.29 is 27.5 Å². The van der Waals surface area contributed by atoms with Gasteiger partial charge in [-0.15, -0.1) is 0 Å². The van der Waals surface area contributed by atoms with E-state index in [-0.39, 0.29) is 23.8 Å². The number of benzene rings is 3. The number of nitrogens with zero attached hydrogens (tertiary/aromatic N) is 2. The fourth-order valence-corrected chi connectivity index (χ4v) is 7.09. The van der Waals surface area contributed by atoms with Gasteiger partial charge >= 0.3 is 6.69 Å². The zero-order chi connectivity index (χ0) is 35.6. The standard InChI is InChI=1S/C37H48BN4O6S/c1-6-13-33-37(45)41(5)28(4)35(43)40-32(24-29-14-8-7-9-15-29)36(44)39-23-12-17-30-16-10-11-18-34(30)48-27(3)25-42(33)38-49(46,47)31-21-19-26(2)20-22-31/h7-11,14-16,18-22,27-28,32-33H,6,12-13,17,23-25H2,1-5H3,(H,39,44)(H,40,43)/t27-,28-,32-,33+/m1/s1. The van der Waals surface area contributed by atoms with Gasteiger partial charge < -0.3 is 25.1 Å². The number of carbonyl (C=O) groups is 3. The Kier molecular flexibility index (Phi) is 13.4. The number of likely N-dealkylation sites (N-methyl/N-ethyl adjacent to an activating group) is 1. The van der Waals surface area contributed by atoms with E-state index in [0.717, 1.165) is 23.4 Å². The highest BCUT2D eigenvalue weighted by atomic mass is 32.2. The largest absolute Gasteiger partial charge is 0.489 e. The van der Waals surface area contributed by atoms with Crippen molar-refractivity contribution in [1.82, 2.24) is 20.3 Å². The van der Waals surface area contributed by atoms with Crippen molar-refractivity contribution in [3.8, 4) is 5.75 Å². The predicted octanol–water partition coefficient (Wildman–Crippen LogP) is 3.88. The molecule has 0 unspecified atom stereocenters. The van der Waals surface area contributed by atoms with Gasteiger partial charge in [0.2, 0.25) is 17.7 Å². The SMILES string of the molecule is CCC[C@H]1C(=O)N(C)[C@H](C)C(=O)N[C@H](Cc2ccccc2)C(=O)NCCCc2ccccc2O[C@H](C)CN1[B]S(=O)(=O)c1ccc(C)cc1.